The van der Waals surface area contributed by atoms with Gasteiger partial charge in [-0.25, -0.2) is 4.39 Å². The zero-order valence-electron chi connectivity index (χ0n) is 8.08. The first-order valence-corrected chi connectivity index (χ1v) is 6.30. The molecule has 0 bridgehead atoms. The number of alkyl halides is 1. The quantitative estimate of drug-likeness (QED) is 0.350. The molecule has 7 heteroatoms. The summed E-state index contributed by atoms with van der Waals surface area (Å²) in [5, 5.41) is 11.4. The largest absolute Gasteiger partial charge is 0.487 e. The Labute approximate surface area is 108 Å². The van der Waals surface area contributed by atoms with Crippen LogP contribution in [-0.4, -0.2) is 16.9 Å². The fourth-order valence-electron chi connectivity index (χ4n) is 1.01. The van der Waals surface area contributed by atoms with Crippen molar-refractivity contribution in [1.82, 2.24) is 0 Å². The third kappa shape index (κ3) is 3.41. The lowest BCUT2D eigenvalue weighted by molar-refractivity contribution is -0.386. The summed E-state index contributed by atoms with van der Waals surface area (Å²) in [6.45, 7) is 0.299. The van der Waals surface area contributed by atoms with Gasteiger partial charge in [0.15, 0.2) is 5.75 Å². The zero-order chi connectivity index (χ0) is 12.1. The van der Waals surface area contributed by atoms with Crippen LogP contribution in [0.15, 0.2) is 16.6 Å². The molecule has 0 aliphatic heterocycles. The average Bonchev–Trinajstić information content (AvgIpc) is 2.23. The molecule has 0 aliphatic rings. The number of benzene rings is 1. The molecule has 0 radical (unpaired) electrons. The lowest BCUT2D eigenvalue weighted by atomic mass is 10.3. The number of hydrogen-bond donors (Lipinski definition) is 0. The second-order valence-electron chi connectivity index (χ2n) is 2.88. The van der Waals surface area contributed by atoms with Crippen molar-refractivity contribution in [2.75, 3.05) is 11.9 Å². The maximum Gasteiger partial charge on any atom is 0.312 e. The number of rotatable bonds is 5. The third-order valence-electron chi connectivity index (χ3n) is 1.73. The summed E-state index contributed by atoms with van der Waals surface area (Å²) in [6.07, 6.45) is 0.689. The minimum atomic E-state index is -0.604. The predicted molar refractivity (Wildman–Crippen MR) is 64.7 cm³/mol. The second kappa shape index (κ2) is 6.15. The average molecular weight is 357 g/mol. The van der Waals surface area contributed by atoms with Crippen LogP contribution in [-0.2, 0) is 0 Å². The van der Waals surface area contributed by atoms with Crippen molar-refractivity contribution in [2.24, 2.45) is 0 Å². The predicted octanol–water partition coefficient (Wildman–Crippen LogP) is 3.66. The SMILES string of the molecule is O=[N+]([O-])c1cc(Br)c(F)cc1OCCCBr. The highest BCUT2D eigenvalue weighted by Gasteiger charge is 2.18. The molecule has 0 atom stereocenters. The number of nitrogens with zero attached hydrogens (tertiary/aromatic N) is 1. The van der Waals surface area contributed by atoms with Gasteiger partial charge in [0.05, 0.1) is 16.0 Å². The Morgan fingerprint density at radius 1 is 1.50 bits per heavy atom. The van der Waals surface area contributed by atoms with Crippen LogP contribution in [0.1, 0.15) is 6.42 Å². The molecule has 0 saturated carbocycles. The van der Waals surface area contributed by atoms with E-state index in [2.05, 4.69) is 31.9 Å². The van der Waals surface area contributed by atoms with Gasteiger partial charge in [0.1, 0.15) is 5.82 Å². The molecule has 0 unspecified atom stereocenters. The van der Waals surface area contributed by atoms with Crippen molar-refractivity contribution >= 4 is 37.5 Å². The molecule has 16 heavy (non-hydrogen) atoms. The monoisotopic (exact) mass is 355 g/mol. The van der Waals surface area contributed by atoms with Crippen molar-refractivity contribution in [3.05, 3.63) is 32.5 Å². The van der Waals surface area contributed by atoms with E-state index in [1.54, 1.807) is 0 Å². The van der Waals surface area contributed by atoms with Crippen molar-refractivity contribution < 1.29 is 14.1 Å². The molecule has 0 N–H and O–H groups in total. The normalized spacial score (nSPS) is 10.2. The maximum absolute atomic E-state index is 13.2. The molecule has 0 aromatic heterocycles. The number of halogens is 3. The number of ether oxygens (including phenoxy) is 1. The van der Waals surface area contributed by atoms with Gasteiger partial charge in [-0.15, -0.1) is 0 Å². The molecule has 0 fully saturated rings. The van der Waals surface area contributed by atoms with Crippen molar-refractivity contribution in [1.29, 1.82) is 0 Å². The first-order valence-electron chi connectivity index (χ1n) is 4.38. The van der Waals surface area contributed by atoms with Crippen molar-refractivity contribution in [3.8, 4) is 5.75 Å². The minimum Gasteiger partial charge on any atom is -0.487 e. The molecule has 1 aromatic rings. The van der Waals surface area contributed by atoms with E-state index < -0.39 is 10.7 Å². The van der Waals surface area contributed by atoms with E-state index in [1.165, 1.54) is 0 Å². The highest BCUT2D eigenvalue weighted by Crippen LogP contribution is 2.32. The Morgan fingerprint density at radius 2 is 2.19 bits per heavy atom. The number of hydrogen-bond acceptors (Lipinski definition) is 3. The standard InChI is InChI=1S/C9H8Br2FNO3/c10-2-1-3-16-9-5-7(12)6(11)4-8(9)13(14)15/h4-5H,1-3H2. The highest BCUT2D eigenvalue weighted by atomic mass is 79.9. The van der Waals surface area contributed by atoms with Gasteiger partial charge >= 0.3 is 5.69 Å². The molecule has 0 spiro atoms. The first-order chi connectivity index (χ1) is 7.56. The molecular formula is C9H8Br2FNO3. The second-order valence-corrected chi connectivity index (χ2v) is 4.53. The van der Waals surface area contributed by atoms with E-state index >= 15 is 0 Å². The van der Waals surface area contributed by atoms with Crippen LogP contribution < -0.4 is 4.74 Å². The third-order valence-corrected chi connectivity index (χ3v) is 2.90. The summed E-state index contributed by atoms with van der Waals surface area (Å²) < 4.78 is 18.4. The molecule has 4 nitrogen and oxygen atoms in total. The summed E-state index contributed by atoms with van der Waals surface area (Å²) >= 11 is 6.09. The molecule has 0 heterocycles. The fourth-order valence-corrected chi connectivity index (χ4v) is 1.57. The fraction of sp³-hybridized carbons (Fsp3) is 0.333. The van der Waals surface area contributed by atoms with E-state index in [0.29, 0.717) is 13.0 Å². The van der Waals surface area contributed by atoms with Crippen LogP contribution in [0.3, 0.4) is 0 Å². The summed E-state index contributed by atoms with van der Waals surface area (Å²) in [5.41, 5.74) is -0.247. The first kappa shape index (κ1) is 13.4. The van der Waals surface area contributed by atoms with Crippen LogP contribution in [0.5, 0.6) is 5.75 Å². The Kier molecular flexibility index (Phi) is 5.14. The van der Waals surface area contributed by atoms with Gasteiger partial charge in [0, 0.05) is 17.5 Å². The Morgan fingerprint density at radius 3 is 2.75 bits per heavy atom. The van der Waals surface area contributed by atoms with Crippen molar-refractivity contribution in [3.63, 3.8) is 0 Å². The zero-order valence-corrected chi connectivity index (χ0v) is 11.3. The summed E-state index contributed by atoms with van der Waals surface area (Å²) in [5.74, 6) is -0.633. The smallest absolute Gasteiger partial charge is 0.312 e. The summed E-state index contributed by atoms with van der Waals surface area (Å²) in [4.78, 5) is 10.1. The Bertz CT molecular complexity index is 401. The van der Waals surface area contributed by atoms with Crippen LogP contribution in [0.2, 0.25) is 0 Å². The minimum absolute atomic E-state index is 0.0482. The molecule has 0 saturated heterocycles. The Balaban J connectivity index is 2.95. The van der Waals surface area contributed by atoms with Gasteiger partial charge in [-0.05, 0) is 22.4 Å². The van der Waals surface area contributed by atoms with Gasteiger partial charge in [0.25, 0.3) is 0 Å². The van der Waals surface area contributed by atoms with Crippen molar-refractivity contribution in [2.45, 2.75) is 6.42 Å². The van der Waals surface area contributed by atoms with Crippen LogP contribution in [0, 0.1) is 15.9 Å². The van der Waals surface area contributed by atoms with E-state index in [9.17, 15) is 14.5 Å². The summed E-state index contributed by atoms with van der Waals surface area (Å²) in [6, 6.07) is 2.11. The highest BCUT2D eigenvalue weighted by molar-refractivity contribution is 9.10. The molecule has 88 valence electrons. The summed E-state index contributed by atoms with van der Waals surface area (Å²) in [7, 11) is 0. The van der Waals surface area contributed by atoms with E-state index in [4.69, 9.17) is 4.74 Å². The number of nitro groups is 1. The lowest BCUT2D eigenvalue weighted by Gasteiger charge is -2.06. The molecule has 1 aromatic carbocycles. The van der Waals surface area contributed by atoms with Gasteiger partial charge in [0.2, 0.25) is 0 Å². The molecular weight excluding hydrogens is 349 g/mol. The lowest BCUT2D eigenvalue weighted by Crippen LogP contribution is -2.01. The topological polar surface area (TPSA) is 52.4 Å². The molecule has 0 aliphatic carbocycles. The van der Waals surface area contributed by atoms with Gasteiger partial charge in [-0.2, -0.15) is 0 Å². The molecule has 0 amide bonds. The van der Waals surface area contributed by atoms with E-state index in [-0.39, 0.29) is 15.9 Å². The number of nitro benzene ring substituents is 1. The van der Waals surface area contributed by atoms with Crippen LogP contribution in [0.25, 0.3) is 0 Å². The van der Waals surface area contributed by atoms with Gasteiger partial charge in [-0.1, -0.05) is 15.9 Å². The maximum atomic E-state index is 13.2. The Hall–Kier alpha value is -0.690. The van der Waals surface area contributed by atoms with E-state index in [0.717, 1.165) is 17.5 Å². The molecule has 1 rings (SSSR count). The van der Waals surface area contributed by atoms with E-state index in [1.807, 2.05) is 0 Å². The van der Waals surface area contributed by atoms with Crippen LogP contribution >= 0.6 is 31.9 Å². The van der Waals surface area contributed by atoms with Gasteiger partial charge < -0.3 is 4.74 Å². The van der Waals surface area contributed by atoms with Gasteiger partial charge in [-0.3, -0.25) is 10.1 Å². The van der Waals surface area contributed by atoms with Crippen LogP contribution in [0.4, 0.5) is 10.1 Å².